The lowest BCUT2D eigenvalue weighted by molar-refractivity contribution is 0.768. The Hall–Kier alpha value is -2.04. The number of hydrogen-bond acceptors (Lipinski definition) is 1. The van der Waals surface area contributed by atoms with Crippen molar-refractivity contribution in [3.8, 4) is 11.8 Å². The number of benzene rings is 2. The van der Waals surface area contributed by atoms with E-state index in [1.54, 1.807) is 0 Å². The molecule has 0 aliphatic rings. The van der Waals surface area contributed by atoms with Crippen LogP contribution in [-0.4, -0.2) is 6.54 Å². The maximum absolute atomic E-state index is 3.35. The van der Waals surface area contributed by atoms with E-state index in [0.29, 0.717) is 12.5 Å². The van der Waals surface area contributed by atoms with E-state index < -0.39 is 0 Å². The molecule has 1 N–H and O–H groups in total. The Bertz CT molecular complexity index is 571. The molecule has 0 fully saturated rings. The van der Waals surface area contributed by atoms with Crippen molar-refractivity contribution in [3.63, 3.8) is 0 Å². The highest BCUT2D eigenvalue weighted by molar-refractivity contribution is 5.33. The molecule has 0 spiro atoms. The van der Waals surface area contributed by atoms with Crippen molar-refractivity contribution in [2.24, 2.45) is 0 Å². The van der Waals surface area contributed by atoms with E-state index in [-0.39, 0.29) is 0 Å². The topological polar surface area (TPSA) is 12.0 Å². The van der Waals surface area contributed by atoms with Gasteiger partial charge in [0.25, 0.3) is 0 Å². The molecule has 0 atom stereocenters. The van der Waals surface area contributed by atoms with Gasteiger partial charge < -0.3 is 5.32 Å². The van der Waals surface area contributed by atoms with Gasteiger partial charge >= 0.3 is 0 Å². The normalized spacial score (nSPS) is 10.2. The van der Waals surface area contributed by atoms with Gasteiger partial charge in [-0.2, -0.15) is 0 Å². The fourth-order valence-corrected chi connectivity index (χ4v) is 1.96. The van der Waals surface area contributed by atoms with Crippen LogP contribution in [0.3, 0.4) is 0 Å². The summed E-state index contributed by atoms with van der Waals surface area (Å²) in [6.45, 7) is 6.00. The molecule has 0 unspecified atom stereocenters. The molecule has 0 aliphatic heterocycles. The van der Waals surface area contributed by atoms with Gasteiger partial charge in [0.15, 0.2) is 0 Å². The van der Waals surface area contributed by atoms with E-state index in [9.17, 15) is 0 Å². The summed E-state index contributed by atoms with van der Waals surface area (Å²) in [7, 11) is 0. The van der Waals surface area contributed by atoms with Crippen LogP contribution in [0.5, 0.6) is 0 Å². The molecule has 2 rings (SSSR count). The van der Waals surface area contributed by atoms with Gasteiger partial charge in [0, 0.05) is 12.1 Å². The van der Waals surface area contributed by atoms with Gasteiger partial charge in [0.2, 0.25) is 0 Å². The predicted octanol–water partition coefficient (Wildman–Crippen LogP) is 3.95. The average molecular weight is 263 g/mol. The molecule has 102 valence electrons. The molecule has 20 heavy (non-hydrogen) atoms. The van der Waals surface area contributed by atoms with Gasteiger partial charge in [-0.25, -0.2) is 0 Å². The van der Waals surface area contributed by atoms with Gasteiger partial charge in [-0.3, -0.25) is 0 Å². The van der Waals surface area contributed by atoms with Crippen molar-refractivity contribution < 1.29 is 0 Å². The standard InChI is InChI=1S/C19H21N/c1-16(2)19-12-10-18(11-13-19)15-20-14-6-9-17-7-4-3-5-8-17/h3-5,7-8,10-13,16,20H,14-15H2,1-2H3. The minimum Gasteiger partial charge on any atom is -0.302 e. The van der Waals surface area contributed by atoms with Crippen LogP contribution in [0.2, 0.25) is 0 Å². The van der Waals surface area contributed by atoms with E-state index in [1.165, 1.54) is 11.1 Å². The molecule has 0 saturated carbocycles. The molecular formula is C19H21N. The molecule has 1 heteroatoms. The molecule has 2 aromatic rings. The molecule has 2 aromatic carbocycles. The zero-order chi connectivity index (χ0) is 14.2. The summed E-state index contributed by atoms with van der Waals surface area (Å²) in [6, 6.07) is 18.9. The highest BCUT2D eigenvalue weighted by Crippen LogP contribution is 2.14. The van der Waals surface area contributed by atoms with E-state index >= 15 is 0 Å². The third kappa shape index (κ3) is 4.57. The lowest BCUT2D eigenvalue weighted by atomic mass is 10.0. The number of nitrogens with one attached hydrogen (secondary N) is 1. The average Bonchev–Trinajstić information content (AvgIpc) is 2.48. The van der Waals surface area contributed by atoms with Crippen molar-refractivity contribution in [1.82, 2.24) is 5.32 Å². The quantitative estimate of drug-likeness (QED) is 0.650. The Morgan fingerprint density at radius 2 is 1.65 bits per heavy atom. The predicted molar refractivity (Wildman–Crippen MR) is 85.6 cm³/mol. The van der Waals surface area contributed by atoms with E-state index in [4.69, 9.17) is 0 Å². The summed E-state index contributed by atoms with van der Waals surface area (Å²) in [5.41, 5.74) is 3.75. The van der Waals surface area contributed by atoms with Crippen LogP contribution in [0.1, 0.15) is 36.5 Å². The first-order chi connectivity index (χ1) is 9.75. The van der Waals surface area contributed by atoms with Crippen LogP contribution >= 0.6 is 0 Å². The first kappa shape index (κ1) is 14.4. The first-order valence-corrected chi connectivity index (χ1v) is 7.09. The summed E-state index contributed by atoms with van der Waals surface area (Å²) in [6.07, 6.45) is 0. The Balaban J connectivity index is 1.78. The number of hydrogen-bond donors (Lipinski definition) is 1. The smallest absolute Gasteiger partial charge is 0.0582 e. The molecule has 1 nitrogen and oxygen atoms in total. The molecule has 0 heterocycles. The Kier molecular flexibility index (Phi) is 5.41. The Morgan fingerprint density at radius 1 is 0.950 bits per heavy atom. The van der Waals surface area contributed by atoms with Crippen molar-refractivity contribution in [1.29, 1.82) is 0 Å². The van der Waals surface area contributed by atoms with E-state index in [0.717, 1.165) is 12.1 Å². The lowest BCUT2D eigenvalue weighted by Gasteiger charge is -2.06. The first-order valence-electron chi connectivity index (χ1n) is 7.09. The summed E-state index contributed by atoms with van der Waals surface area (Å²) in [5, 5.41) is 3.35. The molecule has 0 amide bonds. The zero-order valence-corrected chi connectivity index (χ0v) is 12.2. The lowest BCUT2D eigenvalue weighted by Crippen LogP contribution is -2.13. The molecule has 0 aromatic heterocycles. The maximum Gasteiger partial charge on any atom is 0.0582 e. The van der Waals surface area contributed by atoms with Crippen LogP contribution < -0.4 is 5.32 Å². The van der Waals surface area contributed by atoms with Crippen molar-refractivity contribution >= 4 is 0 Å². The molecule has 0 saturated heterocycles. The maximum atomic E-state index is 3.35. The second-order valence-electron chi connectivity index (χ2n) is 5.17. The molecular weight excluding hydrogens is 242 g/mol. The van der Waals surface area contributed by atoms with E-state index in [1.807, 2.05) is 30.3 Å². The monoisotopic (exact) mass is 263 g/mol. The largest absolute Gasteiger partial charge is 0.302 e. The van der Waals surface area contributed by atoms with Crippen LogP contribution in [-0.2, 0) is 6.54 Å². The third-order valence-corrected chi connectivity index (χ3v) is 3.20. The van der Waals surface area contributed by atoms with E-state index in [2.05, 4.69) is 55.3 Å². The summed E-state index contributed by atoms with van der Waals surface area (Å²) in [5.74, 6) is 6.87. The fourth-order valence-electron chi connectivity index (χ4n) is 1.96. The van der Waals surface area contributed by atoms with Crippen molar-refractivity contribution in [2.75, 3.05) is 6.54 Å². The highest BCUT2D eigenvalue weighted by Gasteiger charge is 1.98. The van der Waals surface area contributed by atoms with Crippen LogP contribution in [0, 0.1) is 11.8 Å². The zero-order valence-electron chi connectivity index (χ0n) is 12.2. The minimum absolute atomic E-state index is 0.591. The van der Waals surface area contributed by atoms with Gasteiger partial charge in [0.05, 0.1) is 6.54 Å². The second-order valence-corrected chi connectivity index (χ2v) is 5.17. The highest BCUT2D eigenvalue weighted by atomic mass is 14.8. The van der Waals surface area contributed by atoms with Gasteiger partial charge in [-0.05, 0) is 29.2 Å². The Morgan fingerprint density at radius 3 is 2.30 bits per heavy atom. The third-order valence-electron chi connectivity index (χ3n) is 3.20. The number of rotatable bonds is 4. The minimum atomic E-state index is 0.591. The van der Waals surface area contributed by atoms with Crippen molar-refractivity contribution in [3.05, 3.63) is 71.3 Å². The molecule has 0 radical (unpaired) electrons. The summed E-state index contributed by atoms with van der Waals surface area (Å²) in [4.78, 5) is 0. The summed E-state index contributed by atoms with van der Waals surface area (Å²) >= 11 is 0. The van der Waals surface area contributed by atoms with Gasteiger partial charge in [-0.1, -0.05) is 68.2 Å². The SMILES string of the molecule is CC(C)c1ccc(CNCC#Cc2ccccc2)cc1. The Labute approximate surface area is 122 Å². The fraction of sp³-hybridized carbons (Fsp3) is 0.263. The second kappa shape index (κ2) is 7.53. The van der Waals surface area contributed by atoms with Gasteiger partial charge in [0.1, 0.15) is 0 Å². The molecule has 0 bridgehead atoms. The van der Waals surface area contributed by atoms with Crippen LogP contribution in [0.25, 0.3) is 0 Å². The van der Waals surface area contributed by atoms with Crippen molar-refractivity contribution in [2.45, 2.75) is 26.3 Å². The van der Waals surface area contributed by atoms with Crippen LogP contribution in [0.15, 0.2) is 54.6 Å². The summed E-state index contributed by atoms with van der Waals surface area (Å²) < 4.78 is 0. The van der Waals surface area contributed by atoms with Gasteiger partial charge in [-0.15, -0.1) is 0 Å². The van der Waals surface area contributed by atoms with Crippen LogP contribution in [0.4, 0.5) is 0 Å². The molecule has 0 aliphatic carbocycles.